The Balaban J connectivity index is 2.75. The molecule has 0 saturated heterocycles. The lowest BCUT2D eigenvalue weighted by atomic mass is 10.1. The summed E-state index contributed by atoms with van der Waals surface area (Å²) in [5.41, 5.74) is 0.000218. The number of hydrogen-bond acceptors (Lipinski definition) is 2. The largest absolute Gasteiger partial charge is 0.416 e. The molecule has 0 heterocycles. The Morgan fingerprint density at radius 3 is 2.09 bits per heavy atom. The number of carbonyl (C=O) groups is 1. The molecule has 22 heavy (non-hydrogen) atoms. The van der Waals surface area contributed by atoms with Crippen molar-refractivity contribution in [3.05, 3.63) is 35.4 Å². The number of nitrogens with zero attached hydrogens (tertiary/aromatic N) is 2. The average Bonchev–Trinajstić information content (AvgIpc) is 2.47. The fraction of sp³-hybridized carbons (Fsp3) is 0.562. The van der Waals surface area contributed by atoms with Crippen LogP contribution in [-0.2, 0) is 17.5 Å². The van der Waals surface area contributed by atoms with Crippen LogP contribution in [0.5, 0.6) is 0 Å². The molecule has 1 aromatic rings. The number of hydrogen-bond donors (Lipinski definition) is 0. The maximum atomic E-state index is 12.5. The highest BCUT2D eigenvalue weighted by molar-refractivity contribution is 5.81. The summed E-state index contributed by atoms with van der Waals surface area (Å²) in [6.07, 6.45) is -3.64. The zero-order valence-electron chi connectivity index (χ0n) is 13.4. The smallest absolute Gasteiger partial charge is 0.340 e. The van der Waals surface area contributed by atoms with Crippen LogP contribution in [0.3, 0.4) is 0 Å². The lowest BCUT2D eigenvalue weighted by Gasteiger charge is -2.29. The van der Waals surface area contributed by atoms with Gasteiger partial charge >= 0.3 is 6.18 Å². The van der Waals surface area contributed by atoms with Gasteiger partial charge in [0.25, 0.3) is 0 Å². The number of halogens is 3. The van der Waals surface area contributed by atoms with E-state index in [2.05, 4.69) is 0 Å². The van der Waals surface area contributed by atoms with Crippen molar-refractivity contribution in [2.24, 2.45) is 0 Å². The Morgan fingerprint density at radius 2 is 1.68 bits per heavy atom. The van der Waals surface area contributed by atoms with Gasteiger partial charge < -0.3 is 4.90 Å². The predicted molar refractivity (Wildman–Crippen MR) is 80.3 cm³/mol. The number of rotatable bonds is 6. The molecule has 0 N–H and O–H groups in total. The summed E-state index contributed by atoms with van der Waals surface area (Å²) in [4.78, 5) is 15.9. The first-order valence-electron chi connectivity index (χ1n) is 7.32. The molecule has 1 atom stereocenters. The molecule has 0 fully saturated rings. The van der Waals surface area contributed by atoms with E-state index in [-0.39, 0.29) is 11.9 Å². The van der Waals surface area contributed by atoms with E-state index in [9.17, 15) is 18.0 Å². The fourth-order valence-corrected chi connectivity index (χ4v) is 2.30. The molecule has 1 rings (SSSR count). The normalized spacial score (nSPS) is 13.3. The minimum Gasteiger partial charge on any atom is -0.340 e. The third-order valence-corrected chi connectivity index (χ3v) is 3.78. The summed E-state index contributed by atoms with van der Waals surface area (Å²) in [5, 5.41) is 0. The van der Waals surface area contributed by atoms with E-state index in [1.807, 2.05) is 25.8 Å². The number of carbonyl (C=O) groups excluding carboxylic acids is 1. The molecule has 0 radical (unpaired) electrons. The van der Waals surface area contributed by atoms with E-state index in [1.54, 1.807) is 11.9 Å². The first-order chi connectivity index (χ1) is 10.2. The van der Waals surface area contributed by atoms with Gasteiger partial charge in [-0.25, -0.2) is 0 Å². The van der Waals surface area contributed by atoms with Gasteiger partial charge in [0.15, 0.2) is 0 Å². The maximum Gasteiger partial charge on any atom is 0.416 e. The van der Waals surface area contributed by atoms with Gasteiger partial charge in [-0.1, -0.05) is 26.0 Å². The molecule has 3 nitrogen and oxygen atoms in total. The van der Waals surface area contributed by atoms with E-state index in [0.717, 1.165) is 18.7 Å². The Hall–Kier alpha value is -1.56. The Bertz CT molecular complexity index is 485. The Labute approximate surface area is 129 Å². The van der Waals surface area contributed by atoms with Crippen LogP contribution in [-0.4, -0.2) is 42.4 Å². The first kappa shape index (κ1) is 18.5. The second-order valence-corrected chi connectivity index (χ2v) is 5.39. The molecule has 6 heteroatoms. The van der Waals surface area contributed by atoms with E-state index >= 15 is 0 Å². The molecule has 0 aliphatic rings. The molecular weight excluding hydrogens is 293 g/mol. The molecule has 124 valence electrons. The second-order valence-electron chi connectivity index (χ2n) is 5.39. The van der Waals surface area contributed by atoms with E-state index in [4.69, 9.17) is 0 Å². The van der Waals surface area contributed by atoms with Crippen LogP contribution >= 0.6 is 0 Å². The Kier molecular flexibility index (Phi) is 6.41. The molecule has 0 aromatic heterocycles. The SMILES string of the molecule is CCC(C(=O)N(C)Cc1ccc(C(F)(F)F)cc1)N(C)CC. The van der Waals surface area contributed by atoms with Crippen LogP contribution in [0.2, 0.25) is 0 Å². The van der Waals surface area contributed by atoms with Gasteiger partial charge in [-0.15, -0.1) is 0 Å². The van der Waals surface area contributed by atoms with Crippen LogP contribution in [0.4, 0.5) is 13.2 Å². The van der Waals surface area contributed by atoms with Gasteiger partial charge in [-0.2, -0.15) is 13.2 Å². The lowest BCUT2D eigenvalue weighted by molar-refractivity contribution is -0.138. The second kappa shape index (κ2) is 7.63. The van der Waals surface area contributed by atoms with Crippen LogP contribution in [0, 0.1) is 0 Å². The molecule has 0 spiro atoms. The molecule has 0 bridgehead atoms. The summed E-state index contributed by atoms with van der Waals surface area (Å²) in [6.45, 7) is 4.98. The highest BCUT2D eigenvalue weighted by Gasteiger charge is 2.30. The minimum atomic E-state index is -4.34. The predicted octanol–water partition coefficient (Wildman–Crippen LogP) is 3.39. The van der Waals surface area contributed by atoms with Crippen molar-refractivity contribution >= 4 is 5.91 Å². The molecule has 0 saturated carbocycles. The summed E-state index contributed by atoms with van der Waals surface area (Å²) in [5.74, 6) is -0.0215. The monoisotopic (exact) mass is 316 g/mol. The summed E-state index contributed by atoms with van der Waals surface area (Å²) >= 11 is 0. The standard InChI is InChI=1S/C16H23F3N2O/c1-5-14(20(3)6-2)15(22)21(4)11-12-7-9-13(10-8-12)16(17,18)19/h7-10,14H,5-6,11H2,1-4H3. The molecular formula is C16H23F3N2O. The maximum absolute atomic E-state index is 12.5. The van der Waals surface area contributed by atoms with Crippen molar-refractivity contribution in [2.75, 3.05) is 20.6 Å². The van der Waals surface area contributed by atoms with E-state index < -0.39 is 11.7 Å². The fourth-order valence-electron chi connectivity index (χ4n) is 2.30. The zero-order valence-corrected chi connectivity index (χ0v) is 13.4. The van der Waals surface area contributed by atoms with Gasteiger partial charge in [-0.05, 0) is 37.7 Å². The van der Waals surface area contributed by atoms with Crippen LogP contribution in [0.25, 0.3) is 0 Å². The van der Waals surface area contributed by atoms with Gasteiger partial charge in [-0.3, -0.25) is 9.69 Å². The highest BCUT2D eigenvalue weighted by atomic mass is 19.4. The van der Waals surface area contributed by atoms with Crippen LogP contribution < -0.4 is 0 Å². The minimum absolute atomic E-state index is 0.0215. The zero-order chi connectivity index (χ0) is 16.9. The quantitative estimate of drug-likeness (QED) is 0.803. The van der Waals surface area contributed by atoms with Gasteiger partial charge in [0.2, 0.25) is 5.91 Å². The van der Waals surface area contributed by atoms with Crippen molar-refractivity contribution < 1.29 is 18.0 Å². The van der Waals surface area contributed by atoms with Crippen LogP contribution in [0.1, 0.15) is 31.4 Å². The number of alkyl halides is 3. The van der Waals surface area contributed by atoms with Crippen molar-refractivity contribution in [1.82, 2.24) is 9.80 Å². The van der Waals surface area contributed by atoms with Gasteiger partial charge in [0.05, 0.1) is 11.6 Å². The van der Waals surface area contributed by atoms with Crippen molar-refractivity contribution in [3.8, 4) is 0 Å². The lowest BCUT2D eigenvalue weighted by Crippen LogP contribution is -2.45. The van der Waals surface area contributed by atoms with E-state index in [0.29, 0.717) is 18.5 Å². The molecule has 1 aromatic carbocycles. The number of likely N-dealkylation sites (N-methyl/N-ethyl adjacent to an activating group) is 2. The van der Waals surface area contributed by atoms with Crippen LogP contribution in [0.15, 0.2) is 24.3 Å². The average molecular weight is 316 g/mol. The summed E-state index contributed by atoms with van der Waals surface area (Å²) in [7, 11) is 3.56. The van der Waals surface area contributed by atoms with Gasteiger partial charge in [0.1, 0.15) is 0 Å². The van der Waals surface area contributed by atoms with E-state index in [1.165, 1.54) is 12.1 Å². The topological polar surface area (TPSA) is 23.6 Å². The Morgan fingerprint density at radius 1 is 1.14 bits per heavy atom. The van der Waals surface area contributed by atoms with Gasteiger partial charge in [0, 0.05) is 13.6 Å². The third kappa shape index (κ3) is 4.73. The first-order valence-corrected chi connectivity index (χ1v) is 7.32. The molecule has 1 unspecified atom stereocenters. The third-order valence-electron chi connectivity index (χ3n) is 3.78. The highest BCUT2D eigenvalue weighted by Crippen LogP contribution is 2.29. The van der Waals surface area contributed by atoms with Crippen molar-refractivity contribution in [3.63, 3.8) is 0 Å². The number of amides is 1. The molecule has 1 amide bonds. The molecule has 0 aliphatic heterocycles. The summed E-state index contributed by atoms with van der Waals surface area (Å²) < 4.78 is 37.6. The molecule has 0 aliphatic carbocycles. The van der Waals surface area contributed by atoms with Crippen molar-refractivity contribution in [2.45, 2.75) is 39.0 Å². The summed E-state index contributed by atoms with van der Waals surface area (Å²) in [6, 6.07) is 4.71. The number of benzene rings is 1. The van der Waals surface area contributed by atoms with Crippen molar-refractivity contribution in [1.29, 1.82) is 0 Å².